The van der Waals surface area contributed by atoms with Crippen molar-refractivity contribution < 1.29 is 14.3 Å². The second kappa shape index (κ2) is 21.1. The number of piperidine rings is 1. The Morgan fingerprint density at radius 1 is 1.00 bits per heavy atom. The number of nitrogen functional groups attached to an aromatic ring is 1. The monoisotopic (exact) mass is 631 g/mol. The molecule has 8 heteroatoms. The molecule has 1 aliphatic heterocycles. The molecule has 0 aliphatic carbocycles. The number of nitrogens with two attached hydrogens (primary N) is 2. The van der Waals surface area contributed by atoms with E-state index in [4.69, 9.17) is 15.3 Å². The lowest BCUT2D eigenvalue weighted by Crippen LogP contribution is -2.43. The molecule has 1 unspecified atom stereocenters. The maximum Gasteiger partial charge on any atom is 0.251 e. The van der Waals surface area contributed by atoms with Crippen molar-refractivity contribution in [1.29, 1.82) is 0 Å². The van der Waals surface area contributed by atoms with Crippen LogP contribution in [0.25, 0.3) is 11.1 Å². The standard InChI is InChI=1S/C19H24N4O.C18H30O.CH3NO/c1-13-11-16(12-21-18(13)20)14-3-5-15(6-4-14)19(24)22-17-7-9-23(2)10-8-17;1-5-8-10-18(9-6-2)19-14-16-12-11-15(4)17(7-3)13-16;2-1-3/h3-6,11-12,17H,7-10H2,1-2H3,(H2,20,21)(H,22,24);11-13,18H,5-10,14H2,1-4H3;1H,(H2,2,3). The lowest BCUT2D eigenvalue weighted by Gasteiger charge is -2.29. The third-order valence-corrected chi connectivity index (χ3v) is 8.42. The molecule has 8 nitrogen and oxygen atoms in total. The van der Waals surface area contributed by atoms with Gasteiger partial charge in [0.2, 0.25) is 6.41 Å². The van der Waals surface area contributed by atoms with Gasteiger partial charge in [0, 0.05) is 23.4 Å². The molecule has 0 saturated carbocycles. The van der Waals surface area contributed by atoms with E-state index in [0.29, 0.717) is 17.5 Å². The summed E-state index contributed by atoms with van der Waals surface area (Å²) in [4.78, 5) is 27.5. The Balaban J connectivity index is 0.000000303. The molecule has 46 heavy (non-hydrogen) atoms. The number of benzene rings is 2. The third-order valence-electron chi connectivity index (χ3n) is 8.42. The van der Waals surface area contributed by atoms with Crippen LogP contribution in [0, 0.1) is 13.8 Å². The number of rotatable bonds is 12. The smallest absolute Gasteiger partial charge is 0.251 e. The lowest BCUT2D eigenvalue weighted by molar-refractivity contribution is -0.106. The van der Waals surface area contributed by atoms with Crippen molar-refractivity contribution in [2.75, 3.05) is 25.9 Å². The maximum atomic E-state index is 12.4. The first-order valence-corrected chi connectivity index (χ1v) is 16.8. The summed E-state index contributed by atoms with van der Waals surface area (Å²) in [5.74, 6) is 0.551. The molecule has 252 valence electrons. The van der Waals surface area contributed by atoms with Gasteiger partial charge >= 0.3 is 0 Å². The van der Waals surface area contributed by atoms with E-state index in [1.54, 1.807) is 6.20 Å². The van der Waals surface area contributed by atoms with Crippen LogP contribution in [0.3, 0.4) is 0 Å². The van der Waals surface area contributed by atoms with Gasteiger partial charge in [0.15, 0.2) is 0 Å². The molecule has 0 radical (unpaired) electrons. The Labute approximate surface area is 277 Å². The van der Waals surface area contributed by atoms with Crippen LogP contribution in [-0.2, 0) is 22.6 Å². The minimum atomic E-state index is 0.00251. The average molecular weight is 632 g/mol. The zero-order valence-electron chi connectivity index (χ0n) is 29.0. The van der Waals surface area contributed by atoms with Gasteiger partial charge in [-0.3, -0.25) is 9.59 Å². The number of hydrogen-bond acceptors (Lipinski definition) is 6. The van der Waals surface area contributed by atoms with E-state index in [2.05, 4.69) is 73.9 Å². The number of carbonyl (C=O) groups excluding carboxylic acids is 2. The van der Waals surface area contributed by atoms with Crippen molar-refractivity contribution in [1.82, 2.24) is 15.2 Å². The number of amides is 2. The van der Waals surface area contributed by atoms with Crippen LogP contribution in [-0.4, -0.2) is 54.5 Å². The average Bonchev–Trinajstić information content (AvgIpc) is 3.06. The molecule has 1 saturated heterocycles. The van der Waals surface area contributed by atoms with E-state index in [1.165, 1.54) is 48.8 Å². The Bertz CT molecular complexity index is 1320. The quantitative estimate of drug-likeness (QED) is 0.185. The Kier molecular flexibility index (Phi) is 17.6. The highest BCUT2D eigenvalue weighted by Crippen LogP contribution is 2.22. The van der Waals surface area contributed by atoms with Gasteiger partial charge < -0.3 is 26.4 Å². The van der Waals surface area contributed by atoms with E-state index < -0.39 is 0 Å². The van der Waals surface area contributed by atoms with Gasteiger partial charge in [-0.15, -0.1) is 0 Å². The van der Waals surface area contributed by atoms with Gasteiger partial charge in [0.25, 0.3) is 5.91 Å². The van der Waals surface area contributed by atoms with Crippen molar-refractivity contribution in [2.45, 2.75) is 105 Å². The Hall–Kier alpha value is -3.75. The van der Waals surface area contributed by atoms with Crippen molar-refractivity contribution in [3.05, 3.63) is 82.5 Å². The summed E-state index contributed by atoms with van der Waals surface area (Å²) in [5, 5.41) is 3.14. The summed E-state index contributed by atoms with van der Waals surface area (Å²) < 4.78 is 6.11. The lowest BCUT2D eigenvalue weighted by atomic mass is 10.0. The number of aryl methyl sites for hydroxylation is 3. The van der Waals surface area contributed by atoms with Crippen LogP contribution >= 0.6 is 0 Å². The predicted molar refractivity (Wildman–Crippen MR) is 191 cm³/mol. The second-order valence-electron chi connectivity index (χ2n) is 12.2. The number of ether oxygens (including phenoxy) is 1. The summed E-state index contributed by atoms with van der Waals surface area (Å²) in [6.45, 7) is 13.7. The van der Waals surface area contributed by atoms with E-state index in [0.717, 1.165) is 55.6 Å². The molecule has 2 amide bonds. The zero-order valence-corrected chi connectivity index (χ0v) is 29.0. The van der Waals surface area contributed by atoms with Crippen LogP contribution in [0.2, 0.25) is 0 Å². The highest BCUT2D eigenvalue weighted by atomic mass is 16.5. The van der Waals surface area contributed by atoms with Crippen LogP contribution in [0.1, 0.15) is 98.3 Å². The minimum absolute atomic E-state index is 0.00251. The molecule has 2 heterocycles. The Morgan fingerprint density at radius 3 is 2.26 bits per heavy atom. The number of aromatic nitrogens is 1. The molecule has 5 N–H and O–H groups in total. The number of likely N-dealkylation sites (tertiary alicyclic amines) is 1. The first-order chi connectivity index (χ1) is 22.1. The number of pyridine rings is 1. The van der Waals surface area contributed by atoms with E-state index >= 15 is 0 Å². The molecular formula is C38H57N5O3. The molecule has 4 rings (SSSR count). The predicted octanol–water partition coefficient (Wildman–Crippen LogP) is 7.00. The number of unbranched alkanes of at least 4 members (excludes halogenated alkanes) is 1. The van der Waals surface area contributed by atoms with Gasteiger partial charge in [0.05, 0.1) is 12.7 Å². The van der Waals surface area contributed by atoms with Crippen molar-refractivity contribution in [3.63, 3.8) is 0 Å². The molecule has 1 aromatic heterocycles. The number of carbonyl (C=O) groups is 2. The van der Waals surface area contributed by atoms with Crippen molar-refractivity contribution in [2.24, 2.45) is 5.73 Å². The summed E-state index contributed by atoms with van der Waals surface area (Å²) in [5.41, 5.74) is 17.8. The molecule has 3 aromatic rings. The van der Waals surface area contributed by atoms with Gasteiger partial charge in [-0.2, -0.15) is 0 Å². The molecule has 1 fully saturated rings. The van der Waals surface area contributed by atoms with Gasteiger partial charge in [0.1, 0.15) is 5.82 Å². The first kappa shape index (κ1) is 38.4. The molecule has 1 atom stereocenters. The molecule has 2 aromatic carbocycles. The number of primary amides is 1. The highest BCUT2D eigenvalue weighted by molar-refractivity contribution is 5.94. The summed E-state index contributed by atoms with van der Waals surface area (Å²) >= 11 is 0. The summed E-state index contributed by atoms with van der Waals surface area (Å²) in [6.07, 6.45) is 11.7. The number of nitrogens with one attached hydrogen (secondary N) is 1. The fraction of sp³-hybridized carbons (Fsp3) is 0.500. The molecule has 0 bridgehead atoms. The fourth-order valence-electron chi connectivity index (χ4n) is 5.45. The largest absolute Gasteiger partial charge is 0.383 e. The Morgan fingerprint density at radius 2 is 1.67 bits per heavy atom. The SMILES string of the molecule is CCCCC(CCC)OCc1ccc(C)c(CC)c1.Cc1cc(-c2ccc(C(=O)NC3CCN(C)CC3)cc2)cnc1N.NC=O. The number of anilines is 1. The fourth-order valence-corrected chi connectivity index (χ4v) is 5.45. The van der Waals surface area contributed by atoms with Gasteiger partial charge in [-0.05, 0) is 112 Å². The van der Waals surface area contributed by atoms with E-state index in [1.807, 2.05) is 37.3 Å². The molecular weight excluding hydrogens is 574 g/mol. The van der Waals surface area contributed by atoms with Crippen LogP contribution in [0.5, 0.6) is 0 Å². The highest BCUT2D eigenvalue weighted by Gasteiger charge is 2.19. The van der Waals surface area contributed by atoms with Crippen LogP contribution in [0.15, 0.2) is 54.7 Å². The van der Waals surface area contributed by atoms with Gasteiger partial charge in [-0.1, -0.05) is 70.4 Å². The third kappa shape index (κ3) is 13.3. The van der Waals surface area contributed by atoms with Crippen molar-refractivity contribution >= 4 is 18.1 Å². The minimum Gasteiger partial charge on any atom is -0.383 e. The number of nitrogens with zero attached hydrogens (tertiary/aromatic N) is 2. The number of hydrogen-bond donors (Lipinski definition) is 3. The van der Waals surface area contributed by atoms with Gasteiger partial charge in [-0.25, -0.2) is 4.98 Å². The molecule has 1 aliphatic rings. The summed E-state index contributed by atoms with van der Waals surface area (Å²) in [7, 11) is 2.12. The maximum absolute atomic E-state index is 12.4. The van der Waals surface area contributed by atoms with E-state index in [-0.39, 0.29) is 18.4 Å². The second-order valence-corrected chi connectivity index (χ2v) is 12.2. The topological polar surface area (TPSA) is 124 Å². The van der Waals surface area contributed by atoms with Crippen LogP contribution < -0.4 is 16.8 Å². The van der Waals surface area contributed by atoms with Crippen LogP contribution in [0.4, 0.5) is 5.82 Å². The first-order valence-electron chi connectivity index (χ1n) is 16.8. The van der Waals surface area contributed by atoms with E-state index in [9.17, 15) is 4.79 Å². The normalized spacial score (nSPS) is 13.9. The summed E-state index contributed by atoms with van der Waals surface area (Å²) in [6, 6.07) is 16.7. The zero-order chi connectivity index (χ0) is 33.9. The molecule has 0 spiro atoms. The van der Waals surface area contributed by atoms with Crippen molar-refractivity contribution in [3.8, 4) is 11.1 Å².